The van der Waals surface area contributed by atoms with Crippen molar-refractivity contribution >= 4 is 10.0 Å². The number of methoxy groups -OCH3 is 1. The number of hydrogen-bond donors (Lipinski definition) is 1. The Kier molecular flexibility index (Phi) is 4.74. The zero-order valence-electron chi connectivity index (χ0n) is 11.6. The highest BCUT2D eigenvalue weighted by atomic mass is 32.2. The quantitative estimate of drug-likeness (QED) is 0.880. The van der Waals surface area contributed by atoms with Gasteiger partial charge in [-0.3, -0.25) is 0 Å². The first-order chi connectivity index (χ1) is 9.48. The molecule has 112 valence electrons. The molecular weight excluding hydrogens is 283 g/mol. The van der Waals surface area contributed by atoms with Crippen LogP contribution in [0.1, 0.15) is 12.0 Å². The minimum atomic E-state index is -3.79. The van der Waals surface area contributed by atoms with Gasteiger partial charge in [0.2, 0.25) is 10.0 Å². The lowest BCUT2D eigenvalue weighted by Gasteiger charge is -2.17. The summed E-state index contributed by atoms with van der Waals surface area (Å²) in [6.45, 7) is 1.13. The standard InChI is InChI=1S/C13H19FN2O3S/c1-15-8-10-3-4-13(12(14)7-10)20(17,18)16-6-5-11(9-16)19-2/h3-4,7,11,15H,5-6,8-9H2,1-2H3. The molecule has 0 bridgehead atoms. The summed E-state index contributed by atoms with van der Waals surface area (Å²) in [6.07, 6.45) is 0.520. The molecule has 1 aromatic rings. The van der Waals surface area contributed by atoms with Crippen LogP contribution in [-0.2, 0) is 21.3 Å². The van der Waals surface area contributed by atoms with Crippen molar-refractivity contribution in [1.29, 1.82) is 0 Å². The SMILES string of the molecule is CNCc1ccc(S(=O)(=O)N2CCC(OC)C2)c(F)c1. The fourth-order valence-electron chi connectivity index (χ4n) is 2.32. The second kappa shape index (κ2) is 6.17. The minimum Gasteiger partial charge on any atom is -0.380 e. The monoisotopic (exact) mass is 302 g/mol. The van der Waals surface area contributed by atoms with E-state index in [0.717, 1.165) is 0 Å². The summed E-state index contributed by atoms with van der Waals surface area (Å²) in [6, 6.07) is 4.21. The zero-order chi connectivity index (χ0) is 14.8. The Bertz CT molecular complexity index is 577. The molecule has 1 saturated heterocycles. The molecule has 1 aliphatic rings. The van der Waals surface area contributed by atoms with E-state index in [9.17, 15) is 12.8 Å². The number of ether oxygens (including phenoxy) is 1. The maximum Gasteiger partial charge on any atom is 0.246 e. The lowest BCUT2D eigenvalue weighted by molar-refractivity contribution is 0.115. The van der Waals surface area contributed by atoms with E-state index in [4.69, 9.17) is 4.74 Å². The Hall–Kier alpha value is -1.02. The van der Waals surface area contributed by atoms with Gasteiger partial charge in [-0.25, -0.2) is 12.8 Å². The molecule has 7 heteroatoms. The fraction of sp³-hybridized carbons (Fsp3) is 0.538. The largest absolute Gasteiger partial charge is 0.380 e. The Morgan fingerprint density at radius 2 is 2.25 bits per heavy atom. The van der Waals surface area contributed by atoms with Gasteiger partial charge >= 0.3 is 0 Å². The lowest BCUT2D eigenvalue weighted by Crippen LogP contribution is -2.30. The Morgan fingerprint density at radius 3 is 2.80 bits per heavy atom. The van der Waals surface area contributed by atoms with Crippen LogP contribution in [0.4, 0.5) is 4.39 Å². The molecule has 0 aromatic heterocycles. The van der Waals surface area contributed by atoms with Gasteiger partial charge in [0.15, 0.2) is 0 Å². The van der Waals surface area contributed by atoms with E-state index in [1.807, 2.05) is 0 Å². The van der Waals surface area contributed by atoms with E-state index in [0.29, 0.717) is 25.1 Å². The topological polar surface area (TPSA) is 58.6 Å². The van der Waals surface area contributed by atoms with E-state index in [1.165, 1.54) is 16.4 Å². The first kappa shape index (κ1) is 15.4. The average Bonchev–Trinajstić information content (AvgIpc) is 2.88. The maximum absolute atomic E-state index is 14.0. The number of nitrogens with one attached hydrogen (secondary N) is 1. The summed E-state index contributed by atoms with van der Waals surface area (Å²) in [5.74, 6) is -0.710. The lowest BCUT2D eigenvalue weighted by atomic mass is 10.2. The highest BCUT2D eigenvalue weighted by Crippen LogP contribution is 2.24. The molecule has 2 rings (SSSR count). The van der Waals surface area contributed by atoms with Gasteiger partial charge in [0, 0.05) is 26.7 Å². The Labute approximate surface area is 118 Å². The van der Waals surface area contributed by atoms with Gasteiger partial charge in [0.25, 0.3) is 0 Å². The number of rotatable bonds is 5. The van der Waals surface area contributed by atoms with Gasteiger partial charge < -0.3 is 10.1 Å². The molecule has 0 amide bonds. The number of sulfonamides is 1. The highest BCUT2D eigenvalue weighted by Gasteiger charge is 2.34. The van der Waals surface area contributed by atoms with Crippen LogP contribution in [0.2, 0.25) is 0 Å². The van der Waals surface area contributed by atoms with Crippen molar-refractivity contribution in [2.45, 2.75) is 24.0 Å². The first-order valence-electron chi connectivity index (χ1n) is 6.45. The van der Waals surface area contributed by atoms with Crippen LogP contribution in [-0.4, -0.2) is 46.1 Å². The molecule has 1 aromatic carbocycles. The minimum absolute atomic E-state index is 0.114. The highest BCUT2D eigenvalue weighted by molar-refractivity contribution is 7.89. The van der Waals surface area contributed by atoms with Gasteiger partial charge in [-0.15, -0.1) is 0 Å². The molecular formula is C13H19FN2O3S. The van der Waals surface area contributed by atoms with Crippen molar-refractivity contribution in [2.75, 3.05) is 27.2 Å². The molecule has 0 aliphatic carbocycles. The smallest absolute Gasteiger partial charge is 0.246 e. The van der Waals surface area contributed by atoms with Crippen molar-refractivity contribution in [3.8, 4) is 0 Å². The molecule has 1 heterocycles. The van der Waals surface area contributed by atoms with Crippen LogP contribution in [0.15, 0.2) is 23.1 Å². The number of halogens is 1. The van der Waals surface area contributed by atoms with Crippen molar-refractivity contribution in [3.05, 3.63) is 29.6 Å². The molecule has 1 N–H and O–H groups in total. The van der Waals surface area contributed by atoms with Gasteiger partial charge in [0.1, 0.15) is 10.7 Å². The van der Waals surface area contributed by atoms with Gasteiger partial charge in [0.05, 0.1) is 6.10 Å². The third-order valence-electron chi connectivity index (χ3n) is 3.44. The number of nitrogens with zero attached hydrogens (tertiary/aromatic N) is 1. The van der Waals surface area contributed by atoms with Crippen molar-refractivity contribution in [2.24, 2.45) is 0 Å². The van der Waals surface area contributed by atoms with Crippen LogP contribution in [0, 0.1) is 5.82 Å². The molecule has 1 fully saturated rings. The summed E-state index contributed by atoms with van der Waals surface area (Å²) >= 11 is 0. The molecule has 0 spiro atoms. The predicted octanol–water partition coefficient (Wildman–Crippen LogP) is 0.954. The molecule has 0 saturated carbocycles. The van der Waals surface area contributed by atoms with Crippen LogP contribution >= 0.6 is 0 Å². The van der Waals surface area contributed by atoms with Crippen LogP contribution in [0.5, 0.6) is 0 Å². The molecule has 0 radical (unpaired) electrons. The third kappa shape index (κ3) is 3.01. The average molecular weight is 302 g/mol. The van der Waals surface area contributed by atoms with Gasteiger partial charge in [-0.05, 0) is 31.2 Å². The van der Waals surface area contributed by atoms with Crippen molar-refractivity contribution in [1.82, 2.24) is 9.62 Å². The zero-order valence-corrected chi connectivity index (χ0v) is 12.4. The van der Waals surface area contributed by atoms with Crippen LogP contribution < -0.4 is 5.32 Å². The summed E-state index contributed by atoms with van der Waals surface area (Å²) in [4.78, 5) is -0.269. The van der Waals surface area contributed by atoms with Crippen LogP contribution in [0.3, 0.4) is 0 Å². The molecule has 1 atom stereocenters. The fourth-order valence-corrected chi connectivity index (χ4v) is 3.85. The van der Waals surface area contributed by atoms with E-state index in [1.54, 1.807) is 20.2 Å². The van der Waals surface area contributed by atoms with Gasteiger partial charge in [-0.2, -0.15) is 4.31 Å². The summed E-state index contributed by atoms with van der Waals surface area (Å²) in [5, 5.41) is 2.89. The Balaban J connectivity index is 2.26. The van der Waals surface area contributed by atoms with E-state index in [-0.39, 0.29) is 17.5 Å². The number of benzene rings is 1. The van der Waals surface area contributed by atoms with E-state index >= 15 is 0 Å². The number of hydrogen-bond acceptors (Lipinski definition) is 4. The third-order valence-corrected chi connectivity index (χ3v) is 5.33. The molecule has 1 unspecified atom stereocenters. The molecule has 20 heavy (non-hydrogen) atoms. The van der Waals surface area contributed by atoms with Crippen LogP contribution in [0.25, 0.3) is 0 Å². The summed E-state index contributed by atoms with van der Waals surface area (Å²) in [5.41, 5.74) is 0.708. The second-order valence-electron chi connectivity index (χ2n) is 4.80. The molecule has 1 aliphatic heterocycles. The second-order valence-corrected chi connectivity index (χ2v) is 6.71. The normalized spacial score (nSPS) is 20.4. The summed E-state index contributed by atoms with van der Waals surface area (Å²) < 4.78 is 45.3. The van der Waals surface area contributed by atoms with Gasteiger partial charge in [-0.1, -0.05) is 6.07 Å². The molecule has 5 nitrogen and oxygen atoms in total. The van der Waals surface area contributed by atoms with Crippen molar-refractivity contribution < 1.29 is 17.5 Å². The summed E-state index contributed by atoms with van der Waals surface area (Å²) in [7, 11) is -0.489. The maximum atomic E-state index is 14.0. The predicted molar refractivity (Wildman–Crippen MR) is 73.3 cm³/mol. The Morgan fingerprint density at radius 1 is 1.50 bits per heavy atom. The van der Waals surface area contributed by atoms with E-state index in [2.05, 4.69) is 5.32 Å². The van der Waals surface area contributed by atoms with Crippen molar-refractivity contribution in [3.63, 3.8) is 0 Å². The first-order valence-corrected chi connectivity index (χ1v) is 7.89. The van der Waals surface area contributed by atoms with E-state index < -0.39 is 15.8 Å².